The molecular formula is C14H10FN3O. The predicted octanol–water partition coefficient (Wildman–Crippen LogP) is 2.22. The fourth-order valence-electron chi connectivity index (χ4n) is 1.59. The Bertz CT molecular complexity index is 622. The van der Waals surface area contributed by atoms with Crippen molar-refractivity contribution in [2.75, 3.05) is 0 Å². The van der Waals surface area contributed by atoms with Crippen molar-refractivity contribution in [2.24, 2.45) is 0 Å². The Morgan fingerprint density at radius 2 is 2.05 bits per heavy atom. The van der Waals surface area contributed by atoms with Gasteiger partial charge in [-0.25, -0.2) is 4.39 Å². The van der Waals surface area contributed by atoms with Gasteiger partial charge in [-0.3, -0.25) is 9.78 Å². The first-order valence-corrected chi connectivity index (χ1v) is 5.56. The first-order valence-electron chi connectivity index (χ1n) is 5.56. The van der Waals surface area contributed by atoms with Gasteiger partial charge >= 0.3 is 0 Å². The number of carbonyl (C=O) groups is 1. The molecule has 1 N–H and O–H groups in total. The molecule has 0 aliphatic rings. The minimum absolute atomic E-state index is 0.175. The van der Waals surface area contributed by atoms with E-state index in [0.29, 0.717) is 5.56 Å². The number of rotatable bonds is 3. The van der Waals surface area contributed by atoms with E-state index in [9.17, 15) is 9.18 Å². The number of hydrogen-bond acceptors (Lipinski definition) is 3. The van der Waals surface area contributed by atoms with Gasteiger partial charge in [-0.05, 0) is 35.9 Å². The van der Waals surface area contributed by atoms with E-state index in [2.05, 4.69) is 10.3 Å². The van der Waals surface area contributed by atoms with Gasteiger partial charge in [-0.15, -0.1) is 0 Å². The number of aromatic nitrogens is 1. The quantitative estimate of drug-likeness (QED) is 0.914. The second kappa shape index (κ2) is 5.74. The van der Waals surface area contributed by atoms with E-state index in [-0.39, 0.29) is 5.56 Å². The molecule has 0 fully saturated rings. The molecule has 0 aliphatic heterocycles. The third-order valence-corrected chi connectivity index (χ3v) is 2.53. The summed E-state index contributed by atoms with van der Waals surface area (Å²) in [6.45, 7) is 0. The van der Waals surface area contributed by atoms with Gasteiger partial charge in [0, 0.05) is 18.0 Å². The maximum atomic E-state index is 13.0. The van der Waals surface area contributed by atoms with Crippen molar-refractivity contribution in [3.8, 4) is 6.07 Å². The zero-order valence-corrected chi connectivity index (χ0v) is 9.88. The fraction of sp³-hybridized carbons (Fsp3) is 0.0714. The minimum Gasteiger partial charge on any atom is -0.332 e. The molecule has 4 nitrogen and oxygen atoms in total. The van der Waals surface area contributed by atoms with Crippen LogP contribution in [0.5, 0.6) is 0 Å². The van der Waals surface area contributed by atoms with Gasteiger partial charge in [0.15, 0.2) is 0 Å². The van der Waals surface area contributed by atoms with Gasteiger partial charge in [0.05, 0.1) is 6.07 Å². The summed E-state index contributed by atoms with van der Waals surface area (Å²) in [7, 11) is 0. The molecule has 19 heavy (non-hydrogen) atoms. The number of carbonyl (C=O) groups excluding carboxylic acids is 1. The third-order valence-electron chi connectivity index (χ3n) is 2.53. The lowest BCUT2D eigenvalue weighted by atomic mass is 10.1. The lowest BCUT2D eigenvalue weighted by Gasteiger charge is -2.11. The molecule has 94 valence electrons. The van der Waals surface area contributed by atoms with Crippen LogP contribution in [-0.2, 0) is 0 Å². The van der Waals surface area contributed by atoms with E-state index in [4.69, 9.17) is 5.26 Å². The molecule has 1 unspecified atom stereocenters. The zero-order chi connectivity index (χ0) is 13.7. The highest BCUT2D eigenvalue weighted by molar-refractivity contribution is 5.94. The Balaban J connectivity index is 2.16. The fourth-order valence-corrected chi connectivity index (χ4v) is 1.59. The van der Waals surface area contributed by atoms with Gasteiger partial charge in [-0.1, -0.05) is 6.07 Å². The molecule has 1 aromatic carbocycles. The molecule has 0 bridgehead atoms. The van der Waals surface area contributed by atoms with E-state index >= 15 is 0 Å². The molecule has 0 radical (unpaired) electrons. The summed E-state index contributed by atoms with van der Waals surface area (Å²) in [5.41, 5.74) is 0.802. The number of benzene rings is 1. The first kappa shape index (κ1) is 12.7. The van der Waals surface area contributed by atoms with Crippen LogP contribution in [0.15, 0.2) is 48.8 Å². The Labute approximate surface area is 109 Å². The lowest BCUT2D eigenvalue weighted by Crippen LogP contribution is -2.27. The number of hydrogen-bond donors (Lipinski definition) is 1. The van der Waals surface area contributed by atoms with Crippen LogP contribution in [0.25, 0.3) is 0 Å². The molecular weight excluding hydrogens is 245 g/mol. The molecule has 1 atom stereocenters. The minimum atomic E-state index is -0.793. The average Bonchev–Trinajstić information content (AvgIpc) is 2.45. The standard InChI is InChI=1S/C14H10FN3O/c15-12-3-1-2-11(8-12)14(19)18-13(9-16)10-4-6-17-7-5-10/h1-8,13H,(H,18,19). The van der Waals surface area contributed by atoms with Crippen molar-refractivity contribution in [2.45, 2.75) is 6.04 Å². The molecule has 0 spiro atoms. The number of nitrogens with one attached hydrogen (secondary N) is 1. The Hall–Kier alpha value is -2.74. The normalized spacial score (nSPS) is 11.4. The van der Waals surface area contributed by atoms with Crippen LogP contribution in [0.1, 0.15) is 22.0 Å². The maximum Gasteiger partial charge on any atom is 0.252 e. The van der Waals surface area contributed by atoms with E-state index in [0.717, 1.165) is 6.07 Å². The van der Waals surface area contributed by atoms with Gasteiger partial charge in [0.2, 0.25) is 0 Å². The number of nitrogens with zero attached hydrogens (tertiary/aromatic N) is 2. The zero-order valence-electron chi connectivity index (χ0n) is 9.88. The van der Waals surface area contributed by atoms with Gasteiger partial charge in [-0.2, -0.15) is 5.26 Å². The highest BCUT2D eigenvalue weighted by Gasteiger charge is 2.15. The predicted molar refractivity (Wildman–Crippen MR) is 66.5 cm³/mol. The summed E-state index contributed by atoms with van der Waals surface area (Å²) < 4.78 is 13.0. The van der Waals surface area contributed by atoms with Crippen molar-refractivity contribution < 1.29 is 9.18 Å². The van der Waals surface area contributed by atoms with Gasteiger partial charge in [0.25, 0.3) is 5.91 Å². The summed E-state index contributed by atoms with van der Waals surface area (Å²) in [5, 5.41) is 11.6. The third kappa shape index (κ3) is 3.13. The van der Waals surface area contributed by atoms with Crippen molar-refractivity contribution in [1.29, 1.82) is 5.26 Å². The number of amides is 1. The molecule has 0 aliphatic carbocycles. The van der Waals surface area contributed by atoms with Crippen LogP contribution in [-0.4, -0.2) is 10.9 Å². The second-order valence-corrected chi connectivity index (χ2v) is 3.83. The topological polar surface area (TPSA) is 65.8 Å². The van der Waals surface area contributed by atoms with Crippen molar-refractivity contribution in [3.63, 3.8) is 0 Å². The molecule has 5 heteroatoms. The summed E-state index contributed by atoms with van der Waals surface area (Å²) >= 11 is 0. The highest BCUT2D eigenvalue weighted by Crippen LogP contribution is 2.12. The summed E-state index contributed by atoms with van der Waals surface area (Å²) in [5.74, 6) is -0.993. The lowest BCUT2D eigenvalue weighted by molar-refractivity contribution is 0.0944. The first-order chi connectivity index (χ1) is 9.20. The molecule has 1 amide bonds. The maximum absolute atomic E-state index is 13.0. The van der Waals surface area contributed by atoms with Crippen LogP contribution in [0.3, 0.4) is 0 Å². The Morgan fingerprint density at radius 1 is 1.32 bits per heavy atom. The van der Waals surface area contributed by atoms with E-state index in [1.807, 2.05) is 6.07 Å². The molecule has 0 saturated carbocycles. The second-order valence-electron chi connectivity index (χ2n) is 3.83. The van der Waals surface area contributed by atoms with Crippen molar-refractivity contribution in [1.82, 2.24) is 10.3 Å². The molecule has 1 heterocycles. The molecule has 2 rings (SSSR count). The van der Waals surface area contributed by atoms with Gasteiger partial charge < -0.3 is 5.32 Å². The van der Waals surface area contributed by atoms with Crippen LogP contribution in [0, 0.1) is 17.1 Å². The van der Waals surface area contributed by atoms with E-state index in [1.54, 1.807) is 12.1 Å². The van der Waals surface area contributed by atoms with Crippen LogP contribution >= 0.6 is 0 Å². The van der Waals surface area contributed by atoms with Crippen LogP contribution in [0.4, 0.5) is 4.39 Å². The smallest absolute Gasteiger partial charge is 0.252 e. The van der Waals surface area contributed by atoms with E-state index < -0.39 is 17.8 Å². The van der Waals surface area contributed by atoms with Crippen LogP contribution < -0.4 is 5.32 Å². The summed E-state index contributed by atoms with van der Waals surface area (Å²) in [4.78, 5) is 15.7. The average molecular weight is 255 g/mol. The number of pyridine rings is 1. The monoisotopic (exact) mass is 255 g/mol. The Kier molecular flexibility index (Phi) is 3.84. The summed E-state index contributed by atoms with van der Waals surface area (Å²) in [6.07, 6.45) is 3.07. The van der Waals surface area contributed by atoms with E-state index in [1.165, 1.54) is 30.6 Å². The largest absolute Gasteiger partial charge is 0.332 e. The molecule has 1 aromatic heterocycles. The SMILES string of the molecule is N#CC(NC(=O)c1cccc(F)c1)c1ccncc1. The van der Waals surface area contributed by atoms with Crippen molar-refractivity contribution >= 4 is 5.91 Å². The Morgan fingerprint density at radius 3 is 2.68 bits per heavy atom. The van der Waals surface area contributed by atoms with Crippen LogP contribution in [0.2, 0.25) is 0 Å². The molecule has 2 aromatic rings. The number of halogens is 1. The highest BCUT2D eigenvalue weighted by atomic mass is 19.1. The van der Waals surface area contributed by atoms with Crippen molar-refractivity contribution in [3.05, 3.63) is 65.7 Å². The summed E-state index contributed by atoms with van der Waals surface area (Å²) in [6, 6.07) is 9.77. The van der Waals surface area contributed by atoms with Gasteiger partial charge in [0.1, 0.15) is 11.9 Å². The number of nitriles is 1. The molecule has 0 saturated heterocycles.